The smallest absolute Gasteiger partial charge is 0.244 e. The Bertz CT molecular complexity index is 528. The zero-order chi connectivity index (χ0) is 15.5. The lowest BCUT2D eigenvalue weighted by Crippen LogP contribution is -2.52. The standard InChI is InChI=1S/C15H21ClN2O3/c1-20-12-8-10(16)11(9-13(12)21-2)18-14(19)15(17)6-4-3-5-7-15/h8-9H,3-7,17H2,1-2H3,(H,18,19). The molecule has 1 aromatic carbocycles. The lowest BCUT2D eigenvalue weighted by molar-refractivity contribution is -0.122. The van der Waals surface area contributed by atoms with Crippen molar-refractivity contribution in [3.63, 3.8) is 0 Å². The molecule has 0 atom stereocenters. The van der Waals surface area contributed by atoms with E-state index in [0.717, 1.165) is 19.3 Å². The summed E-state index contributed by atoms with van der Waals surface area (Å²) in [5, 5.41) is 3.20. The SMILES string of the molecule is COc1cc(Cl)c(NC(=O)C2(N)CCCCC2)cc1OC. The van der Waals surface area contributed by atoms with Crippen LogP contribution in [0.25, 0.3) is 0 Å². The fourth-order valence-electron chi connectivity index (χ4n) is 2.61. The van der Waals surface area contributed by atoms with Gasteiger partial charge in [0.05, 0.1) is 30.5 Å². The predicted octanol–water partition coefficient (Wildman–Crippen LogP) is 2.96. The molecule has 1 amide bonds. The normalized spacial score (nSPS) is 17.1. The first-order valence-electron chi connectivity index (χ1n) is 7.02. The van der Waals surface area contributed by atoms with E-state index in [1.807, 2.05) is 0 Å². The quantitative estimate of drug-likeness (QED) is 0.896. The van der Waals surface area contributed by atoms with Crippen molar-refractivity contribution in [3.05, 3.63) is 17.2 Å². The van der Waals surface area contributed by atoms with Crippen molar-refractivity contribution >= 4 is 23.2 Å². The Labute approximate surface area is 129 Å². The minimum Gasteiger partial charge on any atom is -0.493 e. The number of carbonyl (C=O) groups excluding carboxylic acids is 1. The highest BCUT2D eigenvalue weighted by Crippen LogP contribution is 2.37. The number of hydrogen-bond donors (Lipinski definition) is 2. The topological polar surface area (TPSA) is 73.6 Å². The van der Waals surface area contributed by atoms with Gasteiger partial charge in [-0.1, -0.05) is 30.9 Å². The van der Waals surface area contributed by atoms with Crippen LogP contribution < -0.4 is 20.5 Å². The fraction of sp³-hybridized carbons (Fsp3) is 0.533. The largest absolute Gasteiger partial charge is 0.493 e. The molecule has 21 heavy (non-hydrogen) atoms. The molecule has 1 aliphatic carbocycles. The van der Waals surface area contributed by atoms with Crippen LogP contribution >= 0.6 is 11.6 Å². The predicted molar refractivity (Wildman–Crippen MR) is 83.2 cm³/mol. The van der Waals surface area contributed by atoms with E-state index in [-0.39, 0.29) is 5.91 Å². The first kappa shape index (κ1) is 15.9. The molecule has 0 aliphatic heterocycles. The lowest BCUT2D eigenvalue weighted by atomic mass is 9.82. The molecule has 6 heteroatoms. The van der Waals surface area contributed by atoms with Crippen molar-refractivity contribution in [2.24, 2.45) is 5.73 Å². The molecule has 2 rings (SSSR count). The Balaban J connectivity index is 2.20. The van der Waals surface area contributed by atoms with Gasteiger partial charge in [-0.15, -0.1) is 0 Å². The zero-order valence-corrected chi connectivity index (χ0v) is 13.1. The third-order valence-electron chi connectivity index (χ3n) is 3.92. The van der Waals surface area contributed by atoms with Gasteiger partial charge < -0.3 is 20.5 Å². The zero-order valence-electron chi connectivity index (χ0n) is 12.4. The number of nitrogens with two attached hydrogens (primary N) is 1. The number of carbonyl (C=O) groups is 1. The number of methoxy groups -OCH3 is 2. The number of rotatable bonds is 4. The highest BCUT2D eigenvalue weighted by molar-refractivity contribution is 6.34. The number of anilines is 1. The van der Waals surface area contributed by atoms with Gasteiger partial charge in [0.2, 0.25) is 5.91 Å². The Morgan fingerprint density at radius 3 is 2.33 bits per heavy atom. The van der Waals surface area contributed by atoms with Gasteiger partial charge in [-0.05, 0) is 12.8 Å². The van der Waals surface area contributed by atoms with Gasteiger partial charge in [-0.25, -0.2) is 0 Å². The van der Waals surface area contributed by atoms with E-state index in [0.29, 0.717) is 35.1 Å². The van der Waals surface area contributed by atoms with Crippen molar-refractivity contribution in [2.75, 3.05) is 19.5 Å². The van der Waals surface area contributed by atoms with Gasteiger partial charge in [0.15, 0.2) is 11.5 Å². The molecular weight excluding hydrogens is 292 g/mol. The van der Waals surface area contributed by atoms with Crippen molar-refractivity contribution in [1.29, 1.82) is 0 Å². The number of ether oxygens (including phenoxy) is 2. The van der Waals surface area contributed by atoms with Crippen LogP contribution in [0.2, 0.25) is 5.02 Å². The molecule has 0 aromatic heterocycles. The van der Waals surface area contributed by atoms with Gasteiger partial charge >= 0.3 is 0 Å². The average molecular weight is 313 g/mol. The summed E-state index contributed by atoms with van der Waals surface area (Å²) in [7, 11) is 3.06. The number of hydrogen-bond acceptors (Lipinski definition) is 4. The van der Waals surface area contributed by atoms with E-state index >= 15 is 0 Å². The van der Waals surface area contributed by atoms with Gasteiger partial charge in [0, 0.05) is 12.1 Å². The van der Waals surface area contributed by atoms with E-state index in [1.54, 1.807) is 12.1 Å². The maximum atomic E-state index is 12.4. The van der Waals surface area contributed by atoms with Gasteiger partial charge in [0.25, 0.3) is 0 Å². The Hall–Kier alpha value is -1.46. The highest BCUT2D eigenvalue weighted by Gasteiger charge is 2.35. The van der Waals surface area contributed by atoms with Crippen LogP contribution in [0.3, 0.4) is 0 Å². The summed E-state index contributed by atoms with van der Waals surface area (Å²) in [5.74, 6) is 0.823. The van der Waals surface area contributed by atoms with Crippen LogP contribution in [0.15, 0.2) is 12.1 Å². The first-order chi connectivity index (χ1) is 10.00. The van der Waals surface area contributed by atoms with Gasteiger partial charge in [-0.2, -0.15) is 0 Å². The monoisotopic (exact) mass is 312 g/mol. The molecule has 0 bridgehead atoms. The van der Waals surface area contributed by atoms with Gasteiger partial charge in [0.1, 0.15) is 0 Å². The van der Waals surface area contributed by atoms with E-state index < -0.39 is 5.54 Å². The minimum atomic E-state index is -0.811. The second kappa shape index (κ2) is 6.54. The number of halogens is 1. The number of benzene rings is 1. The maximum Gasteiger partial charge on any atom is 0.244 e. The van der Waals surface area contributed by atoms with Crippen LogP contribution in [-0.4, -0.2) is 25.7 Å². The molecule has 0 radical (unpaired) electrons. The second-order valence-corrected chi connectivity index (χ2v) is 5.77. The molecule has 1 aromatic rings. The summed E-state index contributed by atoms with van der Waals surface area (Å²) in [4.78, 5) is 12.4. The third kappa shape index (κ3) is 3.41. The van der Waals surface area contributed by atoms with E-state index in [2.05, 4.69) is 5.32 Å². The van der Waals surface area contributed by atoms with Crippen LogP contribution in [0.5, 0.6) is 11.5 Å². The van der Waals surface area contributed by atoms with E-state index in [4.69, 9.17) is 26.8 Å². The molecule has 1 fully saturated rings. The molecule has 3 N–H and O–H groups in total. The van der Waals surface area contributed by atoms with E-state index in [1.165, 1.54) is 14.2 Å². The average Bonchev–Trinajstić information content (AvgIpc) is 2.49. The van der Waals surface area contributed by atoms with Gasteiger partial charge in [-0.3, -0.25) is 4.79 Å². The summed E-state index contributed by atoms with van der Waals surface area (Å²) in [5.41, 5.74) is 5.89. The molecule has 0 spiro atoms. The minimum absolute atomic E-state index is 0.198. The highest BCUT2D eigenvalue weighted by atomic mass is 35.5. The van der Waals surface area contributed by atoms with Crippen LogP contribution in [0.1, 0.15) is 32.1 Å². The molecule has 0 heterocycles. The summed E-state index contributed by atoms with van der Waals surface area (Å²) >= 11 is 6.17. The molecule has 5 nitrogen and oxygen atoms in total. The maximum absolute atomic E-state index is 12.4. The second-order valence-electron chi connectivity index (χ2n) is 5.36. The third-order valence-corrected chi connectivity index (χ3v) is 4.23. The first-order valence-corrected chi connectivity index (χ1v) is 7.40. The molecule has 1 saturated carbocycles. The van der Waals surface area contributed by atoms with Crippen molar-refractivity contribution in [2.45, 2.75) is 37.6 Å². The summed E-state index contributed by atoms with van der Waals surface area (Å²) in [6.07, 6.45) is 4.48. The van der Waals surface area contributed by atoms with Crippen LogP contribution in [0.4, 0.5) is 5.69 Å². The molecule has 0 saturated heterocycles. The van der Waals surface area contributed by atoms with Crippen molar-refractivity contribution in [3.8, 4) is 11.5 Å². The van der Waals surface area contributed by atoms with E-state index in [9.17, 15) is 4.79 Å². The molecule has 0 unspecified atom stereocenters. The lowest BCUT2D eigenvalue weighted by Gasteiger charge is -2.32. The summed E-state index contributed by atoms with van der Waals surface area (Å²) in [6.45, 7) is 0. The summed E-state index contributed by atoms with van der Waals surface area (Å²) < 4.78 is 10.4. The van der Waals surface area contributed by atoms with Crippen molar-refractivity contribution in [1.82, 2.24) is 0 Å². The number of amides is 1. The molecule has 1 aliphatic rings. The molecule has 116 valence electrons. The Morgan fingerprint density at radius 2 is 1.76 bits per heavy atom. The van der Waals surface area contributed by atoms with Crippen LogP contribution in [0, 0.1) is 0 Å². The Kier molecular flexibility index (Phi) is 4.96. The summed E-state index contributed by atoms with van der Waals surface area (Å²) in [6, 6.07) is 3.26. The molecular formula is C15H21ClN2O3. The Morgan fingerprint density at radius 1 is 1.19 bits per heavy atom. The van der Waals surface area contributed by atoms with Crippen LogP contribution in [-0.2, 0) is 4.79 Å². The fourth-order valence-corrected chi connectivity index (χ4v) is 2.81. The van der Waals surface area contributed by atoms with Crippen molar-refractivity contribution < 1.29 is 14.3 Å². The number of nitrogens with one attached hydrogen (secondary N) is 1.